The van der Waals surface area contributed by atoms with E-state index in [1.807, 2.05) is 19.1 Å². The molecule has 11 heteroatoms. The zero-order valence-electron chi connectivity index (χ0n) is 14.5. The Bertz CT molecular complexity index is 965. The Balaban J connectivity index is 1.84. The van der Waals surface area contributed by atoms with Gasteiger partial charge in [-0.1, -0.05) is 0 Å². The number of nitro benzene ring substituents is 1. The van der Waals surface area contributed by atoms with Gasteiger partial charge in [-0.25, -0.2) is 8.42 Å². The van der Waals surface area contributed by atoms with Crippen molar-refractivity contribution in [2.75, 3.05) is 31.7 Å². The Labute approximate surface area is 160 Å². The molecule has 1 aliphatic heterocycles. The molecule has 0 unspecified atom stereocenters. The predicted octanol–water partition coefficient (Wildman–Crippen LogP) is 2.43. The summed E-state index contributed by atoms with van der Waals surface area (Å²) in [5.74, 6) is 0. The number of hydrazone groups is 1. The van der Waals surface area contributed by atoms with Crippen LogP contribution in [0, 0.1) is 17.0 Å². The number of morpholine rings is 1. The highest BCUT2D eigenvalue weighted by Gasteiger charge is 2.28. The van der Waals surface area contributed by atoms with Crippen molar-refractivity contribution in [2.24, 2.45) is 5.10 Å². The molecule has 2 aromatic rings. The summed E-state index contributed by atoms with van der Waals surface area (Å²) < 4.78 is 31.8. The quantitative estimate of drug-likeness (QED) is 0.444. The summed E-state index contributed by atoms with van der Waals surface area (Å²) in [5, 5.41) is 15.4. The number of nitro groups is 1. The highest BCUT2D eigenvalue weighted by atomic mass is 32.2. The van der Waals surface area contributed by atoms with E-state index in [-0.39, 0.29) is 29.4 Å². The third-order valence-electron chi connectivity index (χ3n) is 3.91. The summed E-state index contributed by atoms with van der Waals surface area (Å²) in [5.41, 5.74) is 2.38. The maximum absolute atomic E-state index is 12.7. The van der Waals surface area contributed by atoms with Crippen LogP contribution in [0.5, 0.6) is 0 Å². The number of nitrogens with one attached hydrogen (secondary N) is 1. The van der Waals surface area contributed by atoms with Crippen molar-refractivity contribution >= 4 is 38.9 Å². The highest BCUT2D eigenvalue weighted by molar-refractivity contribution is 7.89. The van der Waals surface area contributed by atoms with E-state index >= 15 is 0 Å². The molecule has 0 atom stereocenters. The third-order valence-corrected chi connectivity index (χ3v) is 6.74. The molecule has 144 valence electrons. The third kappa shape index (κ3) is 4.50. The molecular weight excluding hydrogens is 392 g/mol. The lowest BCUT2D eigenvalue weighted by Gasteiger charge is -2.26. The molecular formula is C16H18N4O5S2. The molecule has 1 saturated heterocycles. The minimum Gasteiger partial charge on any atom is -0.379 e. The van der Waals surface area contributed by atoms with Crippen LogP contribution in [-0.4, -0.2) is 50.2 Å². The van der Waals surface area contributed by atoms with Crippen LogP contribution in [0.3, 0.4) is 0 Å². The molecule has 3 rings (SSSR count). The van der Waals surface area contributed by atoms with Crippen molar-refractivity contribution in [1.82, 2.24) is 4.31 Å². The molecule has 1 N–H and O–H groups in total. The van der Waals surface area contributed by atoms with Gasteiger partial charge in [-0.15, -0.1) is 11.3 Å². The van der Waals surface area contributed by atoms with Gasteiger partial charge in [-0.05, 0) is 31.2 Å². The lowest BCUT2D eigenvalue weighted by atomic mass is 10.3. The maximum atomic E-state index is 12.7. The van der Waals surface area contributed by atoms with E-state index in [1.165, 1.54) is 27.8 Å². The summed E-state index contributed by atoms with van der Waals surface area (Å²) in [6.45, 7) is 3.02. The Morgan fingerprint density at radius 3 is 2.67 bits per heavy atom. The summed E-state index contributed by atoms with van der Waals surface area (Å²) >= 11 is 1.54. The van der Waals surface area contributed by atoms with Gasteiger partial charge in [0.2, 0.25) is 10.0 Å². The average molecular weight is 410 g/mol. The number of sulfonamides is 1. The average Bonchev–Trinajstić information content (AvgIpc) is 3.07. The van der Waals surface area contributed by atoms with Crippen molar-refractivity contribution < 1.29 is 18.1 Å². The van der Waals surface area contributed by atoms with Gasteiger partial charge in [-0.2, -0.15) is 9.41 Å². The van der Waals surface area contributed by atoms with Gasteiger partial charge in [0, 0.05) is 28.9 Å². The Kier molecular flexibility index (Phi) is 5.85. The van der Waals surface area contributed by atoms with Gasteiger partial charge < -0.3 is 4.74 Å². The van der Waals surface area contributed by atoms with E-state index in [0.717, 1.165) is 15.8 Å². The van der Waals surface area contributed by atoms with Crippen LogP contribution in [0.2, 0.25) is 0 Å². The number of benzene rings is 1. The number of hydrogen-bond acceptors (Lipinski definition) is 8. The van der Waals surface area contributed by atoms with E-state index in [0.29, 0.717) is 13.2 Å². The van der Waals surface area contributed by atoms with Gasteiger partial charge in [0.15, 0.2) is 0 Å². The number of rotatable bonds is 6. The van der Waals surface area contributed by atoms with Crippen LogP contribution in [0.25, 0.3) is 0 Å². The van der Waals surface area contributed by atoms with Gasteiger partial charge in [0.25, 0.3) is 5.69 Å². The molecule has 9 nitrogen and oxygen atoms in total. The van der Waals surface area contributed by atoms with E-state index in [4.69, 9.17) is 4.74 Å². The summed E-state index contributed by atoms with van der Waals surface area (Å²) in [4.78, 5) is 12.7. The minimum atomic E-state index is -3.81. The second-order valence-corrected chi connectivity index (χ2v) is 9.03. The fourth-order valence-corrected chi connectivity index (χ4v) is 4.72. The Hall–Kier alpha value is -2.34. The van der Waals surface area contributed by atoms with E-state index in [9.17, 15) is 18.5 Å². The van der Waals surface area contributed by atoms with Crippen molar-refractivity contribution in [2.45, 2.75) is 11.8 Å². The molecule has 0 aliphatic carbocycles. The van der Waals surface area contributed by atoms with Crippen LogP contribution in [0.1, 0.15) is 9.75 Å². The topological polar surface area (TPSA) is 114 Å². The summed E-state index contributed by atoms with van der Waals surface area (Å²) in [7, 11) is -3.81. The van der Waals surface area contributed by atoms with Crippen molar-refractivity contribution in [3.05, 3.63) is 50.2 Å². The number of nitrogens with zero attached hydrogens (tertiary/aromatic N) is 3. The first kappa shape index (κ1) is 19.4. The SMILES string of the molecule is Cc1ccc(/C=N\Nc2ccc(S(=O)(=O)N3CCOCC3)cc2[N+](=O)[O-])s1. The van der Waals surface area contributed by atoms with Crippen LogP contribution < -0.4 is 5.43 Å². The maximum Gasteiger partial charge on any atom is 0.295 e. The van der Waals surface area contributed by atoms with Crippen LogP contribution >= 0.6 is 11.3 Å². The molecule has 1 aromatic carbocycles. The molecule has 0 radical (unpaired) electrons. The molecule has 1 fully saturated rings. The predicted molar refractivity (Wildman–Crippen MR) is 103 cm³/mol. The minimum absolute atomic E-state index is 0.116. The summed E-state index contributed by atoms with van der Waals surface area (Å²) in [6.07, 6.45) is 1.56. The normalized spacial score (nSPS) is 15.9. The van der Waals surface area contributed by atoms with Crippen LogP contribution in [-0.2, 0) is 14.8 Å². The number of aryl methyl sites for hydroxylation is 1. The highest BCUT2D eigenvalue weighted by Crippen LogP contribution is 2.29. The Morgan fingerprint density at radius 2 is 2.04 bits per heavy atom. The van der Waals surface area contributed by atoms with E-state index < -0.39 is 14.9 Å². The number of thiophene rings is 1. The number of hydrogen-bond donors (Lipinski definition) is 1. The van der Waals surface area contributed by atoms with Crippen LogP contribution in [0.15, 0.2) is 40.3 Å². The number of anilines is 1. The first-order valence-corrected chi connectivity index (χ1v) is 10.4. The van der Waals surface area contributed by atoms with Gasteiger partial charge in [0.05, 0.1) is 29.2 Å². The molecule has 0 spiro atoms. The zero-order valence-corrected chi connectivity index (χ0v) is 16.1. The van der Waals surface area contributed by atoms with Gasteiger partial charge in [-0.3, -0.25) is 15.5 Å². The van der Waals surface area contributed by atoms with E-state index in [2.05, 4.69) is 10.5 Å². The van der Waals surface area contributed by atoms with Crippen molar-refractivity contribution in [3.8, 4) is 0 Å². The fraction of sp³-hybridized carbons (Fsp3) is 0.312. The van der Waals surface area contributed by atoms with Crippen molar-refractivity contribution in [3.63, 3.8) is 0 Å². The van der Waals surface area contributed by atoms with Gasteiger partial charge >= 0.3 is 0 Å². The lowest BCUT2D eigenvalue weighted by Crippen LogP contribution is -2.40. The van der Waals surface area contributed by atoms with E-state index in [1.54, 1.807) is 6.21 Å². The molecule has 0 amide bonds. The number of ether oxygens (including phenoxy) is 1. The molecule has 27 heavy (non-hydrogen) atoms. The van der Waals surface area contributed by atoms with Crippen LogP contribution in [0.4, 0.5) is 11.4 Å². The van der Waals surface area contributed by atoms with Gasteiger partial charge in [0.1, 0.15) is 5.69 Å². The molecule has 2 heterocycles. The molecule has 0 bridgehead atoms. The Morgan fingerprint density at radius 1 is 1.30 bits per heavy atom. The zero-order chi connectivity index (χ0) is 19.4. The largest absolute Gasteiger partial charge is 0.379 e. The monoisotopic (exact) mass is 410 g/mol. The molecule has 1 aliphatic rings. The molecule has 1 aromatic heterocycles. The lowest BCUT2D eigenvalue weighted by molar-refractivity contribution is -0.384. The smallest absolute Gasteiger partial charge is 0.295 e. The fourth-order valence-electron chi connectivity index (χ4n) is 2.54. The summed E-state index contributed by atoms with van der Waals surface area (Å²) in [6, 6.07) is 7.57. The first-order chi connectivity index (χ1) is 12.9. The standard InChI is InChI=1S/C16H18N4O5S2/c1-12-2-3-13(26-12)11-17-18-15-5-4-14(10-16(15)20(21)22)27(23,24)19-6-8-25-9-7-19/h2-5,10-11,18H,6-9H2,1H3/b17-11-. The first-order valence-electron chi connectivity index (χ1n) is 8.10. The van der Waals surface area contributed by atoms with Crippen molar-refractivity contribution in [1.29, 1.82) is 0 Å². The molecule has 0 saturated carbocycles. The second kappa shape index (κ2) is 8.13. The second-order valence-electron chi connectivity index (χ2n) is 5.77.